The van der Waals surface area contributed by atoms with Crippen LogP contribution < -0.4 is 0 Å². The van der Waals surface area contributed by atoms with Gasteiger partial charge in [0.15, 0.2) is 0 Å². The lowest BCUT2D eigenvalue weighted by atomic mass is 9.97. The van der Waals surface area contributed by atoms with E-state index in [1.54, 1.807) is 0 Å². The molecule has 1 aromatic carbocycles. The van der Waals surface area contributed by atoms with Crippen molar-refractivity contribution in [1.82, 2.24) is 0 Å². The first kappa shape index (κ1) is 19.1. The highest BCUT2D eigenvalue weighted by atomic mass is 16.3. The summed E-state index contributed by atoms with van der Waals surface area (Å²) in [6, 6.07) is 7.64. The SMILES string of the molecule is CCCCCCCC(O)C(O)Cc1ccc(C(O)CC)cc1. The Kier molecular flexibility index (Phi) is 9.37. The van der Waals surface area contributed by atoms with Gasteiger partial charge in [0.1, 0.15) is 0 Å². The first-order valence-electron chi connectivity index (χ1n) is 8.71. The molecule has 0 aliphatic rings. The maximum Gasteiger partial charge on any atom is 0.0839 e. The number of aliphatic hydroxyl groups is 3. The highest BCUT2D eigenvalue weighted by molar-refractivity contribution is 5.24. The van der Waals surface area contributed by atoms with Crippen LogP contribution in [-0.2, 0) is 6.42 Å². The van der Waals surface area contributed by atoms with E-state index in [-0.39, 0.29) is 0 Å². The molecule has 0 aliphatic carbocycles. The molecule has 3 atom stereocenters. The summed E-state index contributed by atoms with van der Waals surface area (Å²) in [6.07, 6.45) is 5.79. The summed E-state index contributed by atoms with van der Waals surface area (Å²) in [5, 5.41) is 29.9. The summed E-state index contributed by atoms with van der Waals surface area (Å²) < 4.78 is 0. The van der Waals surface area contributed by atoms with E-state index in [2.05, 4.69) is 6.92 Å². The van der Waals surface area contributed by atoms with E-state index in [0.29, 0.717) is 19.3 Å². The van der Waals surface area contributed by atoms with E-state index < -0.39 is 18.3 Å². The molecule has 22 heavy (non-hydrogen) atoms. The van der Waals surface area contributed by atoms with Crippen molar-refractivity contribution < 1.29 is 15.3 Å². The zero-order valence-corrected chi connectivity index (χ0v) is 14.0. The maximum absolute atomic E-state index is 10.1. The first-order chi connectivity index (χ1) is 10.6. The smallest absolute Gasteiger partial charge is 0.0839 e. The van der Waals surface area contributed by atoms with E-state index in [9.17, 15) is 15.3 Å². The quantitative estimate of drug-likeness (QED) is 0.546. The molecule has 0 fully saturated rings. The van der Waals surface area contributed by atoms with Gasteiger partial charge in [-0.3, -0.25) is 0 Å². The van der Waals surface area contributed by atoms with Crippen LogP contribution in [0, 0.1) is 0 Å². The molecule has 126 valence electrons. The predicted octanol–water partition coefficient (Wildman–Crippen LogP) is 3.75. The Bertz CT molecular complexity index is 388. The van der Waals surface area contributed by atoms with Gasteiger partial charge in [0.2, 0.25) is 0 Å². The second-order valence-corrected chi connectivity index (χ2v) is 6.21. The predicted molar refractivity (Wildman–Crippen MR) is 90.8 cm³/mol. The van der Waals surface area contributed by atoms with E-state index in [1.165, 1.54) is 19.3 Å². The summed E-state index contributed by atoms with van der Waals surface area (Å²) >= 11 is 0. The van der Waals surface area contributed by atoms with Crippen LogP contribution in [-0.4, -0.2) is 27.5 Å². The van der Waals surface area contributed by atoms with Crippen molar-refractivity contribution in [2.45, 2.75) is 83.5 Å². The van der Waals surface area contributed by atoms with Gasteiger partial charge in [-0.05, 0) is 24.0 Å². The van der Waals surface area contributed by atoms with Crippen molar-refractivity contribution in [2.75, 3.05) is 0 Å². The Morgan fingerprint density at radius 1 is 0.818 bits per heavy atom. The Balaban J connectivity index is 2.35. The third-order valence-corrected chi connectivity index (χ3v) is 4.24. The van der Waals surface area contributed by atoms with Gasteiger partial charge in [0.25, 0.3) is 0 Å². The van der Waals surface area contributed by atoms with Gasteiger partial charge in [-0.25, -0.2) is 0 Å². The van der Waals surface area contributed by atoms with Crippen molar-refractivity contribution >= 4 is 0 Å². The molecule has 0 heterocycles. The van der Waals surface area contributed by atoms with Crippen LogP contribution in [0.5, 0.6) is 0 Å². The normalized spacial score (nSPS) is 15.5. The number of aliphatic hydroxyl groups excluding tert-OH is 3. The minimum absolute atomic E-state index is 0.423. The lowest BCUT2D eigenvalue weighted by Crippen LogP contribution is -2.27. The van der Waals surface area contributed by atoms with Crippen molar-refractivity contribution in [3.63, 3.8) is 0 Å². The van der Waals surface area contributed by atoms with Crippen LogP contribution in [0.2, 0.25) is 0 Å². The standard InChI is InChI=1S/C19H32O3/c1-3-5-6-7-8-9-18(21)19(22)14-15-10-12-16(13-11-15)17(20)4-2/h10-13,17-22H,3-9,14H2,1-2H3. The lowest BCUT2D eigenvalue weighted by Gasteiger charge is -2.18. The zero-order chi connectivity index (χ0) is 16.4. The zero-order valence-electron chi connectivity index (χ0n) is 14.0. The summed E-state index contributed by atoms with van der Waals surface area (Å²) in [5.41, 5.74) is 1.89. The summed E-state index contributed by atoms with van der Waals surface area (Å²) in [6.45, 7) is 4.13. The van der Waals surface area contributed by atoms with Crippen LogP contribution in [0.25, 0.3) is 0 Å². The van der Waals surface area contributed by atoms with Crippen molar-refractivity contribution in [3.05, 3.63) is 35.4 Å². The second kappa shape index (κ2) is 10.8. The van der Waals surface area contributed by atoms with E-state index >= 15 is 0 Å². The molecule has 0 saturated heterocycles. The molecule has 0 bridgehead atoms. The molecule has 3 N–H and O–H groups in total. The molecule has 0 spiro atoms. The molecule has 0 amide bonds. The lowest BCUT2D eigenvalue weighted by molar-refractivity contribution is 0.0137. The molecule has 1 rings (SSSR count). The monoisotopic (exact) mass is 308 g/mol. The fourth-order valence-corrected chi connectivity index (χ4v) is 2.64. The fraction of sp³-hybridized carbons (Fsp3) is 0.684. The molecule has 0 aliphatic heterocycles. The minimum atomic E-state index is -0.715. The van der Waals surface area contributed by atoms with Gasteiger partial charge in [0.05, 0.1) is 18.3 Å². The van der Waals surface area contributed by atoms with Gasteiger partial charge >= 0.3 is 0 Å². The average Bonchev–Trinajstić information content (AvgIpc) is 2.54. The average molecular weight is 308 g/mol. The number of benzene rings is 1. The van der Waals surface area contributed by atoms with Crippen LogP contribution in [0.1, 0.15) is 76.0 Å². The van der Waals surface area contributed by atoms with Crippen LogP contribution in [0.3, 0.4) is 0 Å². The summed E-state index contributed by atoms with van der Waals surface area (Å²) in [7, 11) is 0. The summed E-state index contributed by atoms with van der Waals surface area (Å²) in [5.74, 6) is 0. The topological polar surface area (TPSA) is 60.7 Å². The molecule has 1 aromatic rings. The third kappa shape index (κ3) is 6.91. The van der Waals surface area contributed by atoms with Crippen LogP contribution in [0.15, 0.2) is 24.3 Å². The minimum Gasteiger partial charge on any atom is -0.390 e. The number of hydrogen-bond donors (Lipinski definition) is 3. The third-order valence-electron chi connectivity index (χ3n) is 4.24. The van der Waals surface area contributed by atoms with Crippen molar-refractivity contribution in [2.24, 2.45) is 0 Å². The van der Waals surface area contributed by atoms with Gasteiger partial charge in [-0.15, -0.1) is 0 Å². The highest BCUT2D eigenvalue weighted by Crippen LogP contribution is 2.18. The molecule has 3 unspecified atom stereocenters. The van der Waals surface area contributed by atoms with Gasteiger partial charge in [-0.2, -0.15) is 0 Å². The molecular weight excluding hydrogens is 276 g/mol. The van der Waals surface area contributed by atoms with E-state index in [4.69, 9.17) is 0 Å². The molecular formula is C19H32O3. The van der Waals surface area contributed by atoms with E-state index in [0.717, 1.165) is 24.0 Å². The molecule has 3 heteroatoms. The van der Waals surface area contributed by atoms with Crippen molar-refractivity contribution in [1.29, 1.82) is 0 Å². The molecule has 3 nitrogen and oxygen atoms in total. The second-order valence-electron chi connectivity index (χ2n) is 6.21. The number of hydrogen-bond acceptors (Lipinski definition) is 3. The largest absolute Gasteiger partial charge is 0.390 e. The Morgan fingerprint density at radius 2 is 1.45 bits per heavy atom. The summed E-state index contributed by atoms with van der Waals surface area (Å²) in [4.78, 5) is 0. The Morgan fingerprint density at radius 3 is 2.05 bits per heavy atom. The van der Waals surface area contributed by atoms with Gasteiger partial charge in [0, 0.05) is 6.42 Å². The molecule has 0 radical (unpaired) electrons. The maximum atomic E-state index is 10.1. The Hall–Kier alpha value is -0.900. The van der Waals surface area contributed by atoms with E-state index in [1.807, 2.05) is 31.2 Å². The van der Waals surface area contributed by atoms with Gasteiger partial charge in [-0.1, -0.05) is 70.2 Å². The van der Waals surface area contributed by atoms with Gasteiger partial charge < -0.3 is 15.3 Å². The van der Waals surface area contributed by atoms with Crippen LogP contribution >= 0.6 is 0 Å². The first-order valence-corrected chi connectivity index (χ1v) is 8.71. The highest BCUT2D eigenvalue weighted by Gasteiger charge is 2.16. The number of unbranched alkanes of at least 4 members (excludes halogenated alkanes) is 4. The van der Waals surface area contributed by atoms with Crippen LogP contribution in [0.4, 0.5) is 0 Å². The Labute approximate surface area is 135 Å². The van der Waals surface area contributed by atoms with Crippen molar-refractivity contribution in [3.8, 4) is 0 Å². The molecule has 0 aromatic heterocycles. The fourth-order valence-electron chi connectivity index (χ4n) is 2.64. The number of rotatable bonds is 11. The molecule has 0 saturated carbocycles.